The lowest BCUT2D eigenvalue weighted by molar-refractivity contribution is -0.115. The van der Waals surface area contributed by atoms with Gasteiger partial charge in [0.05, 0.1) is 29.4 Å². The number of halogens is 1. The van der Waals surface area contributed by atoms with Crippen molar-refractivity contribution in [2.75, 3.05) is 18.4 Å². The minimum absolute atomic E-state index is 0.00985. The van der Waals surface area contributed by atoms with E-state index in [1.165, 1.54) is 0 Å². The van der Waals surface area contributed by atoms with Gasteiger partial charge in [-0.05, 0) is 70.0 Å². The fourth-order valence-electron chi connectivity index (χ4n) is 4.72. The van der Waals surface area contributed by atoms with Crippen molar-refractivity contribution in [1.82, 2.24) is 19.7 Å². The first-order valence-corrected chi connectivity index (χ1v) is 13.2. The highest BCUT2D eigenvalue weighted by Gasteiger charge is 2.25. The summed E-state index contributed by atoms with van der Waals surface area (Å²) in [5.41, 5.74) is 7.98. The average molecular weight is 545 g/mol. The van der Waals surface area contributed by atoms with Crippen LogP contribution in [0.2, 0.25) is 0 Å². The third-order valence-corrected chi connectivity index (χ3v) is 7.00. The lowest BCUT2D eigenvalue weighted by Gasteiger charge is -2.18. The molecular formula is C30H33FN6O3. The van der Waals surface area contributed by atoms with Gasteiger partial charge in [0.15, 0.2) is 0 Å². The summed E-state index contributed by atoms with van der Waals surface area (Å²) in [4.78, 5) is 31.8. The van der Waals surface area contributed by atoms with Gasteiger partial charge in [-0.2, -0.15) is 5.10 Å². The molecule has 1 saturated heterocycles. The Labute approximate surface area is 232 Å². The van der Waals surface area contributed by atoms with Crippen LogP contribution >= 0.6 is 0 Å². The Morgan fingerprint density at radius 2 is 1.98 bits per heavy atom. The molecule has 1 aliphatic heterocycles. The number of carbonyl (C=O) groups excluding carboxylic acids is 2. The van der Waals surface area contributed by atoms with Crippen LogP contribution in [0, 0.1) is 12.7 Å². The smallest absolute Gasteiger partial charge is 0.253 e. The van der Waals surface area contributed by atoms with Gasteiger partial charge in [0.25, 0.3) is 5.91 Å². The van der Waals surface area contributed by atoms with Crippen molar-refractivity contribution >= 4 is 28.4 Å². The molecule has 1 aliphatic rings. The van der Waals surface area contributed by atoms with Crippen LogP contribution in [0.25, 0.3) is 10.9 Å². The first-order chi connectivity index (χ1) is 19.0. The van der Waals surface area contributed by atoms with E-state index in [9.17, 15) is 9.59 Å². The van der Waals surface area contributed by atoms with Crippen molar-refractivity contribution in [3.05, 3.63) is 77.5 Å². The Morgan fingerprint density at radius 1 is 1.18 bits per heavy atom. The molecule has 0 aliphatic carbocycles. The van der Waals surface area contributed by atoms with E-state index in [-0.39, 0.29) is 40.9 Å². The van der Waals surface area contributed by atoms with Crippen molar-refractivity contribution < 1.29 is 18.7 Å². The highest BCUT2D eigenvalue weighted by molar-refractivity contribution is 5.99. The van der Waals surface area contributed by atoms with Crippen molar-refractivity contribution in [2.24, 2.45) is 5.73 Å². The summed E-state index contributed by atoms with van der Waals surface area (Å²) in [5, 5.41) is 7.68. The minimum Gasteiger partial charge on any atom is -0.456 e. The molecule has 40 heavy (non-hydrogen) atoms. The third kappa shape index (κ3) is 5.67. The van der Waals surface area contributed by atoms with E-state index < -0.39 is 5.82 Å². The van der Waals surface area contributed by atoms with Gasteiger partial charge in [0, 0.05) is 48.0 Å². The van der Waals surface area contributed by atoms with Gasteiger partial charge < -0.3 is 20.7 Å². The largest absolute Gasteiger partial charge is 0.456 e. The maximum Gasteiger partial charge on any atom is 0.253 e. The van der Waals surface area contributed by atoms with Gasteiger partial charge in [0.2, 0.25) is 5.91 Å². The number of aromatic nitrogens is 3. The highest BCUT2D eigenvalue weighted by atomic mass is 19.1. The number of benzene rings is 2. The van der Waals surface area contributed by atoms with Gasteiger partial charge in [-0.1, -0.05) is 6.07 Å². The molecule has 3 N–H and O–H groups in total. The zero-order chi connectivity index (χ0) is 28.6. The van der Waals surface area contributed by atoms with E-state index in [4.69, 9.17) is 10.5 Å². The second-order valence-electron chi connectivity index (χ2n) is 11.2. The molecule has 2 amide bonds. The second kappa shape index (κ2) is 10.7. The summed E-state index contributed by atoms with van der Waals surface area (Å²) >= 11 is 0. The standard InChI is InChI=1S/C30H33FN6O3/c1-18-25(8-6-19(28(18)31)14-27(38)35-22-15-34-37(17-22)30(2,3)4)40-26-9-11-33-24-7-5-20(13-23(24)26)29(39)36-12-10-21(32)16-36/h5-9,11,13,15,17,21H,10,12,14,16,32H2,1-4H3,(H,35,38). The van der Waals surface area contributed by atoms with Crippen LogP contribution in [0.3, 0.4) is 0 Å². The number of fused-ring (bicyclic) bond motifs is 1. The Morgan fingerprint density at radius 3 is 2.67 bits per heavy atom. The number of hydrogen-bond donors (Lipinski definition) is 2. The number of ether oxygens (including phenoxy) is 1. The quantitative estimate of drug-likeness (QED) is 0.361. The molecule has 208 valence electrons. The Kier molecular flexibility index (Phi) is 7.29. The lowest BCUT2D eigenvalue weighted by atomic mass is 10.1. The van der Waals surface area contributed by atoms with Gasteiger partial charge >= 0.3 is 0 Å². The number of anilines is 1. The molecule has 0 spiro atoms. The highest BCUT2D eigenvalue weighted by Crippen LogP contribution is 2.33. The van der Waals surface area contributed by atoms with Crippen molar-refractivity contribution in [2.45, 2.75) is 52.1 Å². The zero-order valence-electron chi connectivity index (χ0n) is 23.1. The number of nitrogens with two attached hydrogens (primary N) is 1. The second-order valence-corrected chi connectivity index (χ2v) is 11.2. The van der Waals surface area contributed by atoms with Crippen LogP contribution in [0.1, 0.15) is 48.7 Å². The predicted octanol–water partition coefficient (Wildman–Crippen LogP) is 4.78. The van der Waals surface area contributed by atoms with Crippen LogP contribution in [0.4, 0.5) is 10.1 Å². The molecule has 1 fully saturated rings. The van der Waals surface area contributed by atoms with Crippen LogP contribution in [0.15, 0.2) is 55.0 Å². The van der Waals surface area contributed by atoms with Crippen LogP contribution in [0.5, 0.6) is 11.5 Å². The molecule has 5 rings (SSSR count). The van der Waals surface area contributed by atoms with Crippen molar-refractivity contribution in [3.63, 3.8) is 0 Å². The van der Waals surface area contributed by atoms with Gasteiger partial charge in [0.1, 0.15) is 17.3 Å². The number of nitrogens with zero attached hydrogens (tertiary/aromatic N) is 4. The molecule has 9 nitrogen and oxygen atoms in total. The lowest BCUT2D eigenvalue weighted by Crippen LogP contribution is -2.31. The number of carbonyl (C=O) groups is 2. The zero-order valence-corrected chi connectivity index (χ0v) is 23.1. The van der Waals surface area contributed by atoms with Gasteiger partial charge in [-0.3, -0.25) is 19.3 Å². The van der Waals surface area contributed by atoms with Crippen LogP contribution in [-0.4, -0.2) is 50.6 Å². The fourth-order valence-corrected chi connectivity index (χ4v) is 4.72. The molecule has 0 radical (unpaired) electrons. The van der Waals surface area contributed by atoms with Gasteiger partial charge in [-0.15, -0.1) is 0 Å². The summed E-state index contributed by atoms with van der Waals surface area (Å²) in [6, 6.07) is 10.1. The summed E-state index contributed by atoms with van der Waals surface area (Å²) in [5.74, 6) is -0.209. The Bertz CT molecular complexity index is 1590. The Balaban J connectivity index is 1.33. The maximum atomic E-state index is 15.4. The number of nitrogens with one attached hydrogen (secondary N) is 1. The van der Waals surface area contributed by atoms with E-state index in [0.29, 0.717) is 46.7 Å². The molecule has 0 bridgehead atoms. The normalized spacial score (nSPS) is 15.4. The van der Waals surface area contributed by atoms with E-state index >= 15 is 4.39 Å². The molecule has 10 heteroatoms. The molecule has 2 aromatic heterocycles. The van der Waals surface area contributed by atoms with E-state index in [2.05, 4.69) is 15.4 Å². The molecule has 1 unspecified atom stereocenters. The van der Waals surface area contributed by atoms with Crippen LogP contribution < -0.4 is 15.8 Å². The molecular weight excluding hydrogens is 511 g/mol. The van der Waals surface area contributed by atoms with Crippen molar-refractivity contribution in [3.8, 4) is 11.5 Å². The number of amides is 2. The van der Waals surface area contributed by atoms with E-state index in [0.717, 1.165) is 6.42 Å². The maximum absolute atomic E-state index is 15.4. The molecule has 3 heterocycles. The predicted molar refractivity (Wildman–Crippen MR) is 151 cm³/mol. The van der Waals surface area contributed by atoms with Crippen LogP contribution in [-0.2, 0) is 16.8 Å². The first kappa shape index (κ1) is 27.3. The van der Waals surface area contributed by atoms with Crippen molar-refractivity contribution in [1.29, 1.82) is 0 Å². The van der Waals surface area contributed by atoms with E-state index in [1.807, 2.05) is 20.8 Å². The monoisotopic (exact) mass is 544 g/mol. The molecule has 4 aromatic rings. The third-order valence-electron chi connectivity index (χ3n) is 7.00. The number of pyridine rings is 1. The summed E-state index contributed by atoms with van der Waals surface area (Å²) < 4.78 is 23.3. The average Bonchev–Trinajstić information content (AvgIpc) is 3.57. The summed E-state index contributed by atoms with van der Waals surface area (Å²) in [6.07, 6.45) is 5.55. The summed E-state index contributed by atoms with van der Waals surface area (Å²) in [6.45, 7) is 8.77. The molecule has 0 saturated carbocycles. The van der Waals surface area contributed by atoms with Gasteiger partial charge in [-0.25, -0.2) is 4.39 Å². The Hall–Kier alpha value is -4.31. The summed E-state index contributed by atoms with van der Waals surface area (Å²) in [7, 11) is 0. The minimum atomic E-state index is -0.516. The number of rotatable bonds is 6. The SMILES string of the molecule is Cc1c(Oc2ccnc3ccc(C(=O)N4CCC(N)C4)cc23)ccc(CC(=O)Nc2cnn(C(C)(C)C)c2)c1F. The first-order valence-electron chi connectivity index (χ1n) is 13.2. The fraction of sp³-hybridized carbons (Fsp3) is 0.333. The van der Waals surface area contributed by atoms with E-state index in [1.54, 1.807) is 71.5 Å². The molecule has 2 aromatic carbocycles. The molecule has 1 atom stereocenters. The topological polar surface area (TPSA) is 115 Å². The number of hydrogen-bond acceptors (Lipinski definition) is 6. The number of likely N-dealkylation sites (tertiary alicyclic amines) is 1.